The number of aryl methyl sites for hydroxylation is 1. The summed E-state index contributed by atoms with van der Waals surface area (Å²) in [6.07, 6.45) is 4.84. The highest BCUT2D eigenvalue weighted by molar-refractivity contribution is 7.90. The van der Waals surface area contributed by atoms with Crippen molar-refractivity contribution in [3.05, 3.63) is 53.4 Å². The van der Waals surface area contributed by atoms with Crippen molar-refractivity contribution in [2.24, 2.45) is 0 Å². The molecule has 0 saturated heterocycles. The zero-order valence-corrected chi connectivity index (χ0v) is 20.8. The lowest BCUT2D eigenvalue weighted by molar-refractivity contribution is 0.130. The van der Waals surface area contributed by atoms with Gasteiger partial charge in [0, 0.05) is 6.20 Å². The minimum atomic E-state index is -3.91. The van der Waals surface area contributed by atoms with E-state index in [0.29, 0.717) is 29.3 Å². The lowest BCUT2D eigenvalue weighted by Gasteiger charge is -2.16. The maximum absolute atomic E-state index is 13.4. The van der Waals surface area contributed by atoms with Gasteiger partial charge in [0.15, 0.2) is 10.8 Å². The number of rotatable bonds is 7. The van der Waals surface area contributed by atoms with Crippen LogP contribution in [0.5, 0.6) is 5.88 Å². The molecule has 2 atom stereocenters. The molecule has 4 aromatic rings. The molecular weight excluding hydrogens is 492 g/mol. The normalized spacial score (nSPS) is 18.3. The number of hydrogen-bond acceptors (Lipinski definition) is 8. The van der Waals surface area contributed by atoms with E-state index in [4.69, 9.17) is 16.3 Å². The standard InChI is InChI=1S/C23H25ClN6O4S/c1-3-34-22-16-11-12-29(35(32,33)15-9-7-14(2)8-10-15)21(16)27-23(28-22)26-17-13-25-30(20(17)24)18-5-4-6-19(18)31/h7-13,18-19,31H,3-6H2,1-2H3,(H,26,27,28)/t18-,19-/m1/s1. The van der Waals surface area contributed by atoms with Gasteiger partial charge in [-0.25, -0.2) is 17.1 Å². The Bertz CT molecular complexity index is 1480. The Morgan fingerprint density at radius 2 is 1.97 bits per heavy atom. The predicted molar refractivity (Wildman–Crippen MR) is 132 cm³/mol. The minimum Gasteiger partial charge on any atom is -0.477 e. The van der Waals surface area contributed by atoms with Crippen molar-refractivity contribution in [1.29, 1.82) is 0 Å². The lowest BCUT2D eigenvalue weighted by Crippen LogP contribution is -2.19. The monoisotopic (exact) mass is 516 g/mol. The smallest absolute Gasteiger partial charge is 0.269 e. The van der Waals surface area contributed by atoms with E-state index in [2.05, 4.69) is 20.4 Å². The van der Waals surface area contributed by atoms with Crippen molar-refractivity contribution in [2.75, 3.05) is 11.9 Å². The fourth-order valence-corrected chi connectivity index (χ4v) is 5.83. The molecule has 0 bridgehead atoms. The van der Waals surface area contributed by atoms with Crippen LogP contribution in [0.3, 0.4) is 0 Å². The average molecular weight is 517 g/mol. The van der Waals surface area contributed by atoms with Crippen molar-refractivity contribution < 1.29 is 18.3 Å². The van der Waals surface area contributed by atoms with E-state index in [1.54, 1.807) is 35.0 Å². The Morgan fingerprint density at radius 3 is 2.66 bits per heavy atom. The zero-order valence-electron chi connectivity index (χ0n) is 19.2. The molecule has 0 spiro atoms. The molecule has 0 unspecified atom stereocenters. The average Bonchev–Trinajstić information content (AvgIpc) is 3.54. The molecule has 0 amide bonds. The Morgan fingerprint density at radius 1 is 1.20 bits per heavy atom. The van der Waals surface area contributed by atoms with Crippen LogP contribution in [0.1, 0.15) is 37.8 Å². The number of anilines is 2. The quantitative estimate of drug-likeness (QED) is 0.377. The summed E-state index contributed by atoms with van der Waals surface area (Å²) in [5, 5.41) is 18.4. The van der Waals surface area contributed by atoms with Crippen molar-refractivity contribution in [2.45, 2.75) is 50.2 Å². The summed E-state index contributed by atoms with van der Waals surface area (Å²) in [5.41, 5.74) is 1.56. The second kappa shape index (κ2) is 9.14. The third kappa shape index (κ3) is 4.24. The van der Waals surface area contributed by atoms with Gasteiger partial charge in [0.05, 0.1) is 40.9 Å². The molecule has 5 rings (SSSR count). The number of aliphatic hydroxyl groups is 1. The number of ether oxygens (including phenoxy) is 1. The van der Waals surface area contributed by atoms with Gasteiger partial charge in [0.1, 0.15) is 0 Å². The summed E-state index contributed by atoms with van der Waals surface area (Å²) in [5.74, 6) is 0.348. The summed E-state index contributed by atoms with van der Waals surface area (Å²) in [4.78, 5) is 9.06. The summed E-state index contributed by atoms with van der Waals surface area (Å²) in [7, 11) is -3.91. The van der Waals surface area contributed by atoms with Gasteiger partial charge in [0.2, 0.25) is 11.8 Å². The van der Waals surface area contributed by atoms with Crippen LogP contribution in [0.15, 0.2) is 47.6 Å². The highest BCUT2D eigenvalue weighted by Gasteiger charge is 2.30. The van der Waals surface area contributed by atoms with Gasteiger partial charge >= 0.3 is 0 Å². The predicted octanol–water partition coefficient (Wildman–Crippen LogP) is 4.05. The van der Waals surface area contributed by atoms with Crippen LogP contribution < -0.4 is 10.1 Å². The van der Waals surface area contributed by atoms with E-state index < -0.39 is 16.1 Å². The van der Waals surface area contributed by atoms with E-state index in [1.165, 1.54) is 12.4 Å². The first-order valence-electron chi connectivity index (χ1n) is 11.3. The number of aromatic nitrogens is 5. The first-order chi connectivity index (χ1) is 16.8. The molecule has 10 nitrogen and oxygen atoms in total. The molecule has 184 valence electrons. The van der Waals surface area contributed by atoms with Crippen LogP contribution in [0.2, 0.25) is 5.15 Å². The van der Waals surface area contributed by atoms with E-state index >= 15 is 0 Å². The minimum absolute atomic E-state index is 0.105. The van der Waals surface area contributed by atoms with Crippen molar-refractivity contribution in [1.82, 2.24) is 23.7 Å². The number of nitrogens with zero attached hydrogens (tertiary/aromatic N) is 5. The number of benzene rings is 1. The fourth-order valence-electron chi connectivity index (χ4n) is 4.27. The van der Waals surface area contributed by atoms with E-state index in [1.807, 2.05) is 13.8 Å². The number of nitrogens with one attached hydrogen (secondary N) is 1. The van der Waals surface area contributed by atoms with Crippen molar-refractivity contribution in [3.63, 3.8) is 0 Å². The topological polar surface area (TPSA) is 124 Å². The molecular formula is C23H25ClN6O4S. The van der Waals surface area contributed by atoms with Crippen LogP contribution >= 0.6 is 11.6 Å². The Hall–Kier alpha value is -3.15. The first kappa shape index (κ1) is 23.6. The highest BCUT2D eigenvalue weighted by atomic mass is 35.5. The molecule has 0 radical (unpaired) electrons. The molecule has 3 aromatic heterocycles. The maximum Gasteiger partial charge on any atom is 0.269 e. The zero-order chi connectivity index (χ0) is 24.7. The Balaban J connectivity index is 1.56. The molecule has 35 heavy (non-hydrogen) atoms. The fraction of sp³-hybridized carbons (Fsp3) is 0.348. The van der Waals surface area contributed by atoms with Gasteiger partial charge in [-0.1, -0.05) is 29.3 Å². The van der Waals surface area contributed by atoms with Crippen LogP contribution in [-0.2, 0) is 10.0 Å². The third-order valence-electron chi connectivity index (χ3n) is 6.07. The highest BCUT2D eigenvalue weighted by Crippen LogP contribution is 2.36. The molecule has 3 heterocycles. The van der Waals surface area contributed by atoms with Gasteiger partial charge in [-0.05, 0) is 51.3 Å². The molecule has 1 fully saturated rings. The van der Waals surface area contributed by atoms with Crippen LogP contribution in [0.25, 0.3) is 11.0 Å². The van der Waals surface area contributed by atoms with E-state index in [9.17, 15) is 13.5 Å². The van der Waals surface area contributed by atoms with Gasteiger partial charge in [-0.15, -0.1) is 0 Å². The Kier molecular flexibility index (Phi) is 6.16. The second-order valence-electron chi connectivity index (χ2n) is 8.44. The number of fused-ring (bicyclic) bond motifs is 1. The van der Waals surface area contributed by atoms with E-state index in [0.717, 1.165) is 22.4 Å². The first-order valence-corrected chi connectivity index (χ1v) is 13.1. The molecule has 0 aliphatic heterocycles. The largest absolute Gasteiger partial charge is 0.477 e. The molecule has 1 aliphatic carbocycles. The van der Waals surface area contributed by atoms with Crippen molar-refractivity contribution >= 4 is 44.3 Å². The molecule has 1 aromatic carbocycles. The molecule has 12 heteroatoms. The SMILES string of the molecule is CCOc1nc(Nc2cnn([C@@H]3CCC[C@H]3O)c2Cl)nc2c1ccn2S(=O)(=O)c1ccc(C)cc1. The van der Waals surface area contributed by atoms with Crippen LogP contribution in [0, 0.1) is 6.92 Å². The van der Waals surface area contributed by atoms with Gasteiger partial charge in [-0.3, -0.25) is 0 Å². The molecule has 2 N–H and O–H groups in total. The summed E-state index contributed by atoms with van der Waals surface area (Å²) in [6.45, 7) is 4.04. The van der Waals surface area contributed by atoms with Gasteiger partial charge in [-0.2, -0.15) is 15.1 Å². The summed E-state index contributed by atoms with van der Waals surface area (Å²) in [6, 6.07) is 8.03. The summed E-state index contributed by atoms with van der Waals surface area (Å²) >= 11 is 6.55. The number of hydrogen-bond donors (Lipinski definition) is 2. The number of aliphatic hydroxyl groups excluding tert-OH is 1. The van der Waals surface area contributed by atoms with Crippen molar-refractivity contribution in [3.8, 4) is 5.88 Å². The maximum atomic E-state index is 13.4. The summed E-state index contributed by atoms with van der Waals surface area (Å²) < 4.78 is 35.1. The lowest BCUT2D eigenvalue weighted by atomic mass is 10.2. The molecule has 1 aliphatic rings. The molecule has 1 saturated carbocycles. The third-order valence-corrected chi connectivity index (χ3v) is 8.13. The number of halogens is 1. The van der Waals surface area contributed by atoms with Crippen LogP contribution in [0.4, 0.5) is 11.6 Å². The van der Waals surface area contributed by atoms with Gasteiger partial charge in [0.25, 0.3) is 10.0 Å². The van der Waals surface area contributed by atoms with E-state index in [-0.39, 0.29) is 28.4 Å². The van der Waals surface area contributed by atoms with Crippen LogP contribution in [-0.4, -0.2) is 50.0 Å². The van der Waals surface area contributed by atoms with Gasteiger partial charge < -0.3 is 15.2 Å². The second-order valence-corrected chi connectivity index (χ2v) is 10.6. The Labute approximate surface area is 207 Å².